The van der Waals surface area contributed by atoms with E-state index in [-0.39, 0.29) is 5.75 Å². The van der Waals surface area contributed by atoms with Crippen LogP contribution in [0.5, 0.6) is 5.75 Å². The van der Waals surface area contributed by atoms with E-state index in [1.807, 2.05) is 0 Å². The standard InChI is InChI=1S/C20H30N2O3S/c1-3-26(23,24)21-12-15-11-17(14-21)20-6-4-5-19(22(20)13-15)16-7-9-18(25-2)10-8-16/h7-10,15,17,19-20H,3-6,11-14H2,1-2H3/t15-,17+,19+,20-/m0/s1. The minimum atomic E-state index is -3.07. The van der Waals surface area contributed by atoms with Crippen LogP contribution in [0, 0.1) is 11.8 Å². The monoisotopic (exact) mass is 378 g/mol. The molecule has 3 fully saturated rings. The van der Waals surface area contributed by atoms with E-state index < -0.39 is 10.0 Å². The Hall–Kier alpha value is -1.11. The normalized spacial score (nSPS) is 32.8. The zero-order valence-electron chi connectivity index (χ0n) is 15.8. The van der Waals surface area contributed by atoms with Gasteiger partial charge in [-0.1, -0.05) is 12.1 Å². The lowest BCUT2D eigenvalue weighted by atomic mass is 9.74. The summed E-state index contributed by atoms with van der Waals surface area (Å²) in [7, 11) is -1.37. The molecule has 0 radical (unpaired) electrons. The molecule has 5 nitrogen and oxygen atoms in total. The fourth-order valence-corrected chi connectivity index (χ4v) is 6.58. The van der Waals surface area contributed by atoms with Gasteiger partial charge in [-0.15, -0.1) is 0 Å². The molecule has 26 heavy (non-hydrogen) atoms. The van der Waals surface area contributed by atoms with Gasteiger partial charge in [0.15, 0.2) is 0 Å². The summed E-state index contributed by atoms with van der Waals surface area (Å²) in [6.07, 6.45) is 4.80. The number of ether oxygens (including phenoxy) is 1. The van der Waals surface area contributed by atoms with Crippen LogP contribution < -0.4 is 4.74 Å². The highest BCUT2D eigenvalue weighted by Gasteiger charge is 2.46. The first-order valence-electron chi connectivity index (χ1n) is 9.89. The molecule has 3 aliphatic rings. The van der Waals surface area contributed by atoms with Crippen molar-refractivity contribution in [1.82, 2.24) is 9.21 Å². The first kappa shape index (κ1) is 18.3. The highest BCUT2D eigenvalue weighted by molar-refractivity contribution is 7.89. The van der Waals surface area contributed by atoms with E-state index in [1.54, 1.807) is 18.3 Å². The van der Waals surface area contributed by atoms with Crippen molar-refractivity contribution in [3.8, 4) is 5.75 Å². The number of hydrogen-bond donors (Lipinski definition) is 0. The number of nitrogens with zero attached hydrogens (tertiary/aromatic N) is 2. The minimum absolute atomic E-state index is 0.218. The van der Waals surface area contributed by atoms with Gasteiger partial charge in [0.05, 0.1) is 12.9 Å². The van der Waals surface area contributed by atoms with Crippen LogP contribution in [0.4, 0.5) is 0 Å². The summed E-state index contributed by atoms with van der Waals surface area (Å²) in [5, 5.41) is 0. The van der Waals surface area contributed by atoms with Crippen molar-refractivity contribution in [2.45, 2.75) is 44.7 Å². The van der Waals surface area contributed by atoms with Gasteiger partial charge >= 0.3 is 0 Å². The predicted octanol–water partition coefficient (Wildman–Crippen LogP) is 2.89. The molecule has 1 aromatic rings. The molecular formula is C20H30N2O3S. The molecular weight excluding hydrogens is 348 g/mol. The zero-order chi connectivity index (χ0) is 18.3. The van der Waals surface area contributed by atoms with E-state index in [0.717, 1.165) is 12.3 Å². The van der Waals surface area contributed by atoms with E-state index in [0.29, 0.717) is 37.0 Å². The van der Waals surface area contributed by atoms with E-state index in [1.165, 1.54) is 31.2 Å². The second kappa shape index (κ2) is 7.13. The first-order chi connectivity index (χ1) is 12.5. The topological polar surface area (TPSA) is 49.9 Å². The Kier molecular flexibility index (Phi) is 5.01. The Morgan fingerprint density at radius 2 is 1.88 bits per heavy atom. The molecule has 144 valence electrons. The molecule has 1 aromatic carbocycles. The maximum absolute atomic E-state index is 12.4. The van der Waals surface area contributed by atoms with Crippen LogP contribution >= 0.6 is 0 Å². The Labute approximate surface area is 157 Å². The molecule has 6 heteroatoms. The molecule has 0 amide bonds. The van der Waals surface area contributed by atoms with Gasteiger partial charge in [-0.05, 0) is 62.1 Å². The van der Waals surface area contributed by atoms with Gasteiger partial charge in [0.2, 0.25) is 10.0 Å². The van der Waals surface area contributed by atoms with Crippen molar-refractivity contribution in [3.05, 3.63) is 29.8 Å². The number of fused-ring (bicyclic) bond motifs is 4. The van der Waals surface area contributed by atoms with Gasteiger partial charge in [-0.2, -0.15) is 0 Å². The fourth-order valence-electron chi connectivity index (χ4n) is 5.36. The molecule has 2 bridgehead atoms. The molecule has 3 heterocycles. The van der Waals surface area contributed by atoms with Crippen molar-refractivity contribution >= 4 is 10.0 Å². The van der Waals surface area contributed by atoms with Crippen LogP contribution in [0.15, 0.2) is 24.3 Å². The quantitative estimate of drug-likeness (QED) is 0.808. The molecule has 0 spiro atoms. The molecule has 4 rings (SSSR count). The molecule has 0 aromatic heterocycles. The second-order valence-corrected chi connectivity index (χ2v) is 10.3. The molecule has 0 N–H and O–H groups in total. The summed E-state index contributed by atoms with van der Waals surface area (Å²) in [6, 6.07) is 9.48. The fraction of sp³-hybridized carbons (Fsp3) is 0.700. The molecule has 4 atom stereocenters. The van der Waals surface area contributed by atoms with E-state index in [4.69, 9.17) is 4.74 Å². The minimum Gasteiger partial charge on any atom is -0.497 e. The van der Waals surface area contributed by atoms with Gasteiger partial charge in [0, 0.05) is 31.7 Å². The van der Waals surface area contributed by atoms with Crippen LogP contribution in [0.3, 0.4) is 0 Å². The molecule has 0 aliphatic carbocycles. The largest absolute Gasteiger partial charge is 0.497 e. The third-order valence-electron chi connectivity index (χ3n) is 6.61. The lowest BCUT2D eigenvalue weighted by molar-refractivity contribution is -0.0416. The summed E-state index contributed by atoms with van der Waals surface area (Å²) in [4.78, 5) is 2.69. The van der Waals surface area contributed by atoms with Crippen molar-refractivity contribution < 1.29 is 13.2 Å². The second-order valence-electron chi connectivity index (χ2n) is 8.06. The molecule has 3 saturated heterocycles. The van der Waals surface area contributed by atoms with Gasteiger partial charge in [0.25, 0.3) is 0 Å². The average molecular weight is 379 g/mol. The van der Waals surface area contributed by atoms with Gasteiger partial charge < -0.3 is 4.74 Å². The highest BCUT2D eigenvalue weighted by atomic mass is 32.2. The van der Waals surface area contributed by atoms with Crippen LogP contribution in [0.2, 0.25) is 0 Å². The van der Waals surface area contributed by atoms with Crippen LogP contribution in [-0.4, -0.2) is 56.2 Å². The van der Waals surface area contributed by atoms with Crippen molar-refractivity contribution in [1.29, 1.82) is 0 Å². The highest BCUT2D eigenvalue weighted by Crippen LogP contribution is 2.44. The van der Waals surface area contributed by atoms with E-state index in [9.17, 15) is 8.42 Å². The molecule has 3 aliphatic heterocycles. The Morgan fingerprint density at radius 3 is 2.58 bits per heavy atom. The lowest BCUT2D eigenvalue weighted by Crippen LogP contribution is -2.60. The van der Waals surface area contributed by atoms with Crippen LogP contribution in [-0.2, 0) is 10.0 Å². The maximum Gasteiger partial charge on any atom is 0.213 e. The maximum atomic E-state index is 12.4. The summed E-state index contributed by atoms with van der Waals surface area (Å²) in [5.74, 6) is 2.06. The predicted molar refractivity (Wildman–Crippen MR) is 103 cm³/mol. The molecule has 0 unspecified atom stereocenters. The number of rotatable bonds is 4. The number of sulfonamides is 1. The van der Waals surface area contributed by atoms with Gasteiger partial charge in [-0.25, -0.2) is 12.7 Å². The zero-order valence-corrected chi connectivity index (χ0v) is 16.6. The number of methoxy groups -OCH3 is 1. The smallest absolute Gasteiger partial charge is 0.213 e. The van der Waals surface area contributed by atoms with E-state index in [2.05, 4.69) is 29.2 Å². The van der Waals surface area contributed by atoms with Crippen LogP contribution in [0.25, 0.3) is 0 Å². The summed E-state index contributed by atoms with van der Waals surface area (Å²) in [6.45, 7) is 4.19. The summed E-state index contributed by atoms with van der Waals surface area (Å²) >= 11 is 0. The SMILES string of the molecule is CCS(=O)(=O)N1C[C@@H]2C[C@H](C1)[C@@H]1CCC[C@H](c3ccc(OC)cc3)N1C2. The summed E-state index contributed by atoms with van der Waals surface area (Å²) in [5.41, 5.74) is 1.37. The average Bonchev–Trinajstić information content (AvgIpc) is 2.67. The third-order valence-corrected chi connectivity index (χ3v) is 8.43. The van der Waals surface area contributed by atoms with Crippen molar-refractivity contribution in [3.63, 3.8) is 0 Å². The van der Waals surface area contributed by atoms with Gasteiger partial charge in [-0.3, -0.25) is 4.90 Å². The Bertz CT molecular complexity index is 734. The van der Waals surface area contributed by atoms with Crippen LogP contribution in [0.1, 0.15) is 44.2 Å². The van der Waals surface area contributed by atoms with Crippen molar-refractivity contribution in [2.24, 2.45) is 11.8 Å². The lowest BCUT2D eigenvalue weighted by Gasteiger charge is -2.55. The first-order valence-corrected chi connectivity index (χ1v) is 11.5. The Balaban J connectivity index is 1.56. The number of benzene rings is 1. The van der Waals surface area contributed by atoms with E-state index >= 15 is 0 Å². The van der Waals surface area contributed by atoms with Crippen molar-refractivity contribution in [2.75, 3.05) is 32.5 Å². The third kappa shape index (κ3) is 3.27. The number of hydrogen-bond acceptors (Lipinski definition) is 4. The summed E-state index contributed by atoms with van der Waals surface area (Å²) < 4.78 is 31.9. The Morgan fingerprint density at radius 1 is 1.12 bits per heavy atom. The van der Waals surface area contributed by atoms with Gasteiger partial charge in [0.1, 0.15) is 5.75 Å². The molecule has 0 saturated carbocycles. The number of piperidine rings is 3.